The molecule has 1 aliphatic heterocycles. The van der Waals surface area contributed by atoms with Crippen LogP contribution in [0.5, 0.6) is 0 Å². The zero-order chi connectivity index (χ0) is 15.5. The maximum absolute atomic E-state index is 12.2. The lowest BCUT2D eigenvalue weighted by Crippen LogP contribution is -2.34. The molecule has 1 saturated heterocycles. The summed E-state index contributed by atoms with van der Waals surface area (Å²) >= 11 is 9.38. The topological polar surface area (TPSA) is 47.6 Å². The highest BCUT2D eigenvalue weighted by Gasteiger charge is 2.32. The standard InChI is InChI=1S/C15H19BrClNO3/c1-10(8-15(2)20-5-6-21-15)9-18-14(19)12-7-11(16)3-4-13(12)17/h3-4,7,10H,5-6,8-9H2,1-2H3,(H,18,19). The first-order chi connectivity index (χ1) is 9.89. The molecule has 0 radical (unpaired) electrons. The summed E-state index contributed by atoms with van der Waals surface area (Å²) in [5.74, 6) is -0.466. The van der Waals surface area contributed by atoms with Crippen LogP contribution in [0.1, 0.15) is 30.6 Å². The fourth-order valence-corrected chi connectivity index (χ4v) is 2.98. The van der Waals surface area contributed by atoms with Gasteiger partial charge in [-0.15, -0.1) is 0 Å². The average Bonchev–Trinajstić information content (AvgIpc) is 2.85. The number of benzene rings is 1. The van der Waals surface area contributed by atoms with Gasteiger partial charge in [0.2, 0.25) is 0 Å². The van der Waals surface area contributed by atoms with Gasteiger partial charge in [-0.3, -0.25) is 4.79 Å². The van der Waals surface area contributed by atoms with E-state index in [4.69, 9.17) is 21.1 Å². The molecule has 1 aliphatic rings. The molecule has 1 fully saturated rings. The molecule has 6 heteroatoms. The number of hydrogen-bond acceptors (Lipinski definition) is 3. The third kappa shape index (κ3) is 4.68. The van der Waals surface area contributed by atoms with Crippen LogP contribution in [0.4, 0.5) is 0 Å². The summed E-state index contributed by atoms with van der Waals surface area (Å²) in [5.41, 5.74) is 0.470. The Balaban J connectivity index is 1.87. The highest BCUT2D eigenvalue weighted by molar-refractivity contribution is 9.10. The summed E-state index contributed by atoms with van der Waals surface area (Å²) in [6.07, 6.45) is 0.736. The molecular weight excluding hydrogens is 358 g/mol. The predicted octanol–water partition coefficient (Wildman–Crippen LogP) is 3.62. The minimum absolute atomic E-state index is 0.174. The Morgan fingerprint density at radius 3 is 2.81 bits per heavy atom. The number of ether oxygens (including phenoxy) is 2. The fourth-order valence-electron chi connectivity index (χ4n) is 2.41. The lowest BCUT2D eigenvalue weighted by Gasteiger charge is -2.26. The van der Waals surface area contributed by atoms with Crippen molar-refractivity contribution in [2.75, 3.05) is 19.8 Å². The molecule has 1 aromatic rings. The fraction of sp³-hybridized carbons (Fsp3) is 0.533. The first-order valence-electron chi connectivity index (χ1n) is 6.91. The molecule has 1 amide bonds. The Kier molecular flexibility index (Phi) is 5.66. The van der Waals surface area contributed by atoms with Crippen molar-refractivity contribution >= 4 is 33.4 Å². The number of carbonyl (C=O) groups excluding carboxylic acids is 1. The minimum atomic E-state index is -0.530. The second kappa shape index (κ2) is 7.09. The van der Waals surface area contributed by atoms with Crippen LogP contribution in [-0.2, 0) is 9.47 Å². The third-order valence-electron chi connectivity index (χ3n) is 3.40. The van der Waals surface area contributed by atoms with Crippen LogP contribution in [0.3, 0.4) is 0 Å². The van der Waals surface area contributed by atoms with E-state index in [2.05, 4.69) is 28.2 Å². The van der Waals surface area contributed by atoms with E-state index < -0.39 is 5.79 Å². The van der Waals surface area contributed by atoms with Crippen LogP contribution in [0, 0.1) is 5.92 Å². The maximum Gasteiger partial charge on any atom is 0.252 e. The molecule has 0 saturated carbocycles. The molecule has 2 rings (SSSR count). The molecular formula is C15H19BrClNO3. The van der Waals surface area contributed by atoms with E-state index >= 15 is 0 Å². The number of hydrogen-bond donors (Lipinski definition) is 1. The van der Waals surface area contributed by atoms with Gasteiger partial charge in [0.25, 0.3) is 5.91 Å². The van der Waals surface area contributed by atoms with Crippen molar-refractivity contribution in [3.05, 3.63) is 33.3 Å². The highest BCUT2D eigenvalue weighted by atomic mass is 79.9. The molecule has 116 valence electrons. The van der Waals surface area contributed by atoms with Crippen molar-refractivity contribution < 1.29 is 14.3 Å². The number of nitrogens with one attached hydrogen (secondary N) is 1. The van der Waals surface area contributed by atoms with Gasteiger partial charge in [0.1, 0.15) is 0 Å². The van der Waals surface area contributed by atoms with Gasteiger partial charge < -0.3 is 14.8 Å². The van der Waals surface area contributed by atoms with E-state index in [-0.39, 0.29) is 11.8 Å². The van der Waals surface area contributed by atoms with E-state index in [1.165, 1.54) is 0 Å². The molecule has 0 aromatic heterocycles. The van der Waals surface area contributed by atoms with Crippen molar-refractivity contribution in [1.29, 1.82) is 0 Å². The molecule has 4 nitrogen and oxygen atoms in total. The Bertz CT molecular complexity index is 518. The summed E-state index contributed by atoms with van der Waals surface area (Å²) in [6.45, 7) is 5.79. The Morgan fingerprint density at radius 1 is 1.48 bits per heavy atom. The van der Waals surface area contributed by atoms with Crippen molar-refractivity contribution in [2.24, 2.45) is 5.92 Å². The second-order valence-corrected chi connectivity index (χ2v) is 6.80. The van der Waals surface area contributed by atoms with Gasteiger partial charge in [0.15, 0.2) is 5.79 Å². The largest absolute Gasteiger partial charge is 0.352 e. The van der Waals surface area contributed by atoms with Crippen molar-refractivity contribution in [1.82, 2.24) is 5.32 Å². The van der Waals surface area contributed by atoms with E-state index in [1.807, 2.05) is 6.92 Å². The summed E-state index contributed by atoms with van der Waals surface area (Å²) in [7, 11) is 0. The first kappa shape index (κ1) is 16.7. The Morgan fingerprint density at radius 2 is 2.14 bits per heavy atom. The van der Waals surface area contributed by atoms with Gasteiger partial charge in [-0.2, -0.15) is 0 Å². The quantitative estimate of drug-likeness (QED) is 0.854. The van der Waals surface area contributed by atoms with Crippen LogP contribution in [-0.4, -0.2) is 31.5 Å². The second-order valence-electron chi connectivity index (χ2n) is 5.47. The average molecular weight is 377 g/mol. The Hall–Kier alpha value is -0.620. The minimum Gasteiger partial charge on any atom is -0.352 e. The van der Waals surface area contributed by atoms with E-state index in [1.54, 1.807) is 18.2 Å². The molecule has 1 unspecified atom stereocenters. The lowest BCUT2D eigenvalue weighted by molar-refractivity contribution is -0.153. The Labute approximate surface area is 138 Å². The summed E-state index contributed by atoms with van der Waals surface area (Å²) in [5, 5.41) is 3.35. The van der Waals surface area contributed by atoms with Crippen LogP contribution in [0.25, 0.3) is 0 Å². The zero-order valence-corrected chi connectivity index (χ0v) is 14.5. The smallest absolute Gasteiger partial charge is 0.252 e. The number of rotatable bonds is 5. The van der Waals surface area contributed by atoms with Gasteiger partial charge in [-0.1, -0.05) is 34.5 Å². The van der Waals surface area contributed by atoms with Crippen LogP contribution >= 0.6 is 27.5 Å². The summed E-state index contributed by atoms with van der Waals surface area (Å²) < 4.78 is 12.0. The molecule has 1 aromatic carbocycles. The van der Waals surface area contributed by atoms with Crippen LogP contribution < -0.4 is 5.32 Å². The molecule has 0 bridgehead atoms. The van der Waals surface area contributed by atoms with E-state index in [0.717, 1.165) is 10.9 Å². The molecule has 21 heavy (non-hydrogen) atoms. The number of carbonyl (C=O) groups is 1. The van der Waals surface area contributed by atoms with Gasteiger partial charge in [-0.25, -0.2) is 0 Å². The van der Waals surface area contributed by atoms with E-state index in [9.17, 15) is 4.79 Å². The highest BCUT2D eigenvalue weighted by Crippen LogP contribution is 2.26. The predicted molar refractivity (Wildman–Crippen MR) is 85.6 cm³/mol. The van der Waals surface area contributed by atoms with Crippen molar-refractivity contribution in [2.45, 2.75) is 26.1 Å². The lowest BCUT2D eigenvalue weighted by atomic mass is 10.0. The summed E-state index contributed by atoms with van der Waals surface area (Å²) in [4.78, 5) is 12.2. The normalized spacial score (nSPS) is 18.5. The molecule has 1 atom stereocenters. The van der Waals surface area contributed by atoms with Gasteiger partial charge in [0, 0.05) is 17.4 Å². The van der Waals surface area contributed by atoms with E-state index in [0.29, 0.717) is 30.3 Å². The number of amides is 1. The maximum atomic E-state index is 12.2. The van der Waals surface area contributed by atoms with Crippen molar-refractivity contribution in [3.8, 4) is 0 Å². The molecule has 0 aliphatic carbocycles. The first-order valence-corrected chi connectivity index (χ1v) is 8.08. The van der Waals surface area contributed by atoms with Gasteiger partial charge >= 0.3 is 0 Å². The third-order valence-corrected chi connectivity index (χ3v) is 4.22. The molecule has 1 heterocycles. The van der Waals surface area contributed by atoms with Crippen LogP contribution in [0.2, 0.25) is 5.02 Å². The van der Waals surface area contributed by atoms with Crippen molar-refractivity contribution in [3.63, 3.8) is 0 Å². The van der Waals surface area contributed by atoms with Gasteiger partial charge in [0.05, 0.1) is 23.8 Å². The van der Waals surface area contributed by atoms with Crippen LogP contribution in [0.15, 0.2) is 22.7 Å². The monoisotopic (exact) mass is 375 g/mol. The zero-order valence-electron chi connectivity index (χ0n) is 12.1. The molecule has 1 N–H and O–H groups in total. The molecule has 0 spiro atoms. The SMILES string of the molecule is CC(CNC(=O)c1cc(Br)ccc1Cl)CC1(C)OCCO1. The number of halogens is 2. The van der Waals surface area contributed by atoms with Gasteiger partial charge in [-0.05, 0) is 31.0 Å². The summed E-state index contributed by atoms with van der Waals surface area (Å²) in [6, 6.07) is 5.22.